The van der Waals surface area contributed by atoms with Crippen molar-refractivity contribution in [2.24, 2.45) is 11.3 Å². The molecule has 1 saturated heterocycles. The van der Waals surface area contributed by atoms with Gasteiger partial charge in [-0.05, 0) is 64.1 Å². The monoisotopic (exact) mass is 268 g/mol. The first-order valence-electron chi connectivity index (χ1n) is 7.94. The van der Waals surface area contributed by atoms with Gasteiger partial charge in [-0.3, -0.25) is 0 Å². The van der Waals surface area contributed by atoms with E-state index >= 15 is 0 Å². The standard InChI is InChI=1S/C16H32N2O/c1-16(2)8-7-15(19)13(10-16)11-18(4)14-6-5-9-17(3)12-14/h13-15,19H,5-12H2,1-4H3. The zero-order chi connectivity index (χ0) is 14.0. The van der Waals surface area contributed by atoms with Crippen molar-refractivity contribution < 1.29 is 5.11 Å². The molecule has 0 aromatic rings. The number of likely N-dealkylation sites (tertiary alicyclic amines) is 1. The molecule has 1 N–H and O–H groups in total. The Morgan fingerprint density at radius 2 is 2.05 bits per heavy atom. The van der Waals surface area contributed by atoms with Crippen molar-refractivity contribution in [3.8, 4) is 0 Å². The molecule has 1 saturated carbocycles. The van der Waals surface area contributed by atoms with Gasteiger partial charge in [0.05, 0.1) is 6.10 Å². The molecule has 0 spiro atoms. The van der Waals surface area contributed by atoms with E-state index < -0.39 is 0 Å². The number of likely N-dealkylation sites (N-methyl/N-ethyl adjacent to an activating group) is 2. The summed E-state index contributed by atoms with van der Waals surface area (Å²) in [5, 5.41) is 10.3. The molecule has 1 heterocycles. The molecule has 0 amide bonds. The smallest absolute Gasteiger partial charge is 0.0581 e. The highest BCUT2D eigenvalue weighted by Gasteiger charge is 2.35. The van der Waals surface area contributed by atoms with Crippen LogP contribution in [0, 0.1) is 11.3 Å². The average molecular weight is 268 g/mol. The fourth-order valence-electron chi connectivity index (χ4n) is 3.93. The summed E-state index contributed by atoms with van der Waals surface area (Å²) < 4.78 is 0. The molecule has 2 rings (SSSR count). The zero-order valence-corrected chi connectivity index (χ0v) is 13.2. The highest BCUT2D eigenvalue weighted by molar-refractivity contribution is 4.88. The number of nitrogens with zero attached hydrogens (tertiary/aromatic N) is 2. The molecule has 2 fully saturated rings. The van der Waals surface area contributed by atoms with Gasteiger partial charge in [0.2, 0.25) is 0 Å². The molecule has 112 valence electrons. The van der Waals surface area contributed by atoms with Crippen LogP contribution in [0.2, 0.25) is 0 Å². The molecule has 2 aliphatic rings. The number of aliphatic hydroxyl groups excluding tert-OH is 1. The van der Waals surface area contributed by atoms with E-state index in [2.05, 4.69) is 37.7 Å². The first kappa shape index (κ1) is 15.3. The van der Waals surface area contributed by atoms with Crippen molar-refractivity contribution in [3.63, 3.8) is 0 Å². The van der Waals surface area contributed by atoms with Crippen LogP contribution in [0.15, 0.2) is 0 Å². The fraction of sp³-hybridized carbons (Fsp3) is 1.00. The van der Waals surface area contributed by atoms with Crippen molar-refractivity contribution in [3.05, 3.63) is 0 Å². The van der Waals surface area contributed by atoms with Crippen LogP contribution in [0.4, 0.5) is 0 Å². The third kappa shape index (κ3) is 4.17. The molecule has 0 aromatic heterocycles. The second kappa shape index (κ2) is 6.11. The van der Waals surface area contributed by atoms with Gasteiger partial charge in [-0.1, -0.05) is 13.8 Å². The topological polar surface area (TPSA) is 26.7 Å². The summed E-state index contributed by atoms with van der Waals surface area (Å²) >= 11 is 0. The third-order valence-electron chi connectivity index (χ3n) is 5.22. The SMILES string of the molecule is CN1CCCC(N(C)CC2CC(C)(C)CCC2O)C1. The minimum absolute atomic E-state index is 0.0863. The lowest BCUT2D eigenvalue weighted by atomic mass is 9.70. The summed E-state index contributed by atoms with van der Waals surface area (Å²) in [6.07, 6.45) is 5.85. The fourth-order valence-corrected chi connectivity index (χ4v) is 3.93. The first-order chi connectivity index (χ1) is 8.87. The van der Waals surface area contributed by atoms with E-state index in [1.54, 1.807) is 0 Å². The predicted octanol–water partition coefficient (Wildman–Crippen LogP) is 2.20. The molecular weight excluding hydrogens is 236 g/mol. The number of hydrogen-bond acceptors (Lipinski definition) is 3. The van der Waals surface area contributed by atoms with Crippen molar-refractivity contribution in [2.75, 3.05) is 33.7 Å². The molecule has 3 atom stereocenters. The van der Waals surface area contributed by atoms with Crippen LogP contribution in [0.5, 0.6) is 0 Å². The Balaban J connectivity index is 1.88. The maximum absolute atomic E-state index is 10.3. The summed E-state index contributed by atoms with van der Waals surface area (Å²) in [7, 11) is 4.47. The van der Waals surface area contributed by atoms with Crippen LogP contribution in [-0.4, -0.2) is 60.8 Å². The van der Waals surface area contributed by atoms with Crippen LogP contribution < -0.4 is 0 Å². The molecule has 3 heteroatoms. The van der Waals surface area contributed by atoms with E-state index in [0.717, 1.165) is 13.0 Å². The van der Waals surface area contributed by atoms with Crippen LogP contribution in [-0.2, 0) is 0 Å². The highest BCUT2D eigenvalue weighted by atomic mass is 16.3. The van der Waals surface area contributed by atoms with E-state index in [1.165, 1.54) is 38.8 Å². The van der Waals surface area contributed by atoms with Crippen LogP contribution >= 0.6 is 0 Å². The zero-order valence-electron chi connectivity index (χ0n) is 13.2. The van der Waals surface area contributed by atoms with Gasteiger partial charge >= 0.3 is 0 Å². The molecule has 3 nitrogen and oxygen atoms in total. The summed E-state index contributed by atoms with van der Waals surface area (Å²) in [4.78, 5) is 4.94. The van der Waals surface area contributed by atoms with Crippen LogP contribution in [0.25, 0.3) is 0 Å². The van der Waals surface area contributed by atoms with Crippen LogP contribution in [0.1, 0.15) is 46.0 Å². The maximum Gasteiger partial charge on any atom is 0.0581 e. The molecular formula is C16H32N2O. The number of rotatable bonds is 3. The van der Waals surface area contributed by atoms with Gasteiger partial charge in [0.25, 0.3) is 0 Å². The summed E-state index contributed by atoms with van der Waals surface area (Å²) in [5.74, 6) is 0.459. The Morgan fingerprint density at radius 1 is 1.32 bits per heavy atom. The largest absolute Gasteiger partial charge is 0.393 e. The molecule has 19 heavy (non-hydrogen) atoms. The van der Waals surface area contributed by atoms with Gasteiger partial charge in [-0.15, -0.1) is 0 Å². The minimum atomic E-state index is -0.0863. The number of piperidine rings is 1. The Kier molecular flexibility index (Phi) is 4.91. The van der Waals surface area contributed by atoms with Crippen molar-refractivity contribution in [1.29, 1.82) is 0 Å². The van der Waals surface area contributed by atoms with E-state index in [9.17, 15) is 5.11 Å². The van der Waals surface area contributed by atoms with Crippen LogP contribution in [0.3, 0.4) is 0 Å². The molecule has 1 aliphatic heterocycles. The van der Waals surface area contributed by atoms with Crippen molar-refractivity contribution in [2.45, 2.75) is 58.1 Å². The number of hydrogen-bond donors (Lipinski definition) is 1. The quantitative estimate of drug-likeness (QED) is 0.850. The van der Waals surface area contributed by atoms with E-state index in [1.807, 2.05) is 0 Å². The normalized spacial score (nSPS) is 36.6. The Bertz CT molecular complexity index is 292. The maximum atomic E-state index is 10.3. The average Bonchev–Trinajstić information content (AvgIpc) is 2.33. The lowest BCUT2D eigenvalue weighted by molar-refractivity contribution is -0.00302. The van der Waals surface area contributed by atoms with Gasteiger partial charge in [0.15, 0.2) is 0 Å². The van der Waals surface area contributed by atoms with E-state index in [0.29, 0.717) is 17.4 Å². The highest BCUT2D eigenvalue weighted by Crippen LogP contribution is 2.39. The molecule has 0 radical (unpaired) electrons. The third-order valence-corrected chi connectivity index (χ3v) is 5.22. The molecule has 0 aromatic carbocycles. The Hall–Kier alpha value is -0.120. The molecule has 1 aliphatic carbocycles. The Morgan fingerprint density at radius 3 is 2.74 bits per heavy atom. The summed E-state index contributed by atoms with van der Waals surface area (Å²) in [6, 6.07) is 0.677. The summed E-state index contributed by atoms with van der Waals surface area (Å²) in [5.41, 5.74) is 0.411. The Labute approximate surface area is 119 Å². The molecule has 3 unspecified atom stereocenters. The van der Waals surface area contributed by atoms with Crippen molar-refractivity contribution >= 4 is 0 Å². The lowest BCUT2D eigenvalue weighted by Crippen LogP contribution is -2.48. The van der Waals surface area contributed by atoms with Gasteiger partial charge < -0.3 is 14.9 Å². The van der Waals surface area contributed by atoms with Crippen molar-refractivity contribution in [1.82, 2.24) is 9.80 Å². The van der Waals surface area contributed by atoms with Gasteiger partial charge in [-0.2, -0.15) is 0 Å². The second-order valence-electron chi connectivity index (χ2n) is 7.73. The van der Waals surface area contributed by atoms with Gasteiger partial charge in [0.1, 0.15) is 0 Å². The van der Waals surface area contributed by atoms with E-state index in [-0.39, 0.29) is 6.10 Å². The van der Waals surface area contributed by atoms with Gasteiger partial charge in [0, 0.05) is 19.1 Å². The van der Waals surface area contributed by atoms with E-state index in [4.69, 9.17) is 0 Å². The van der Waals surface area contributed by atoms with Gasteiger partial charge in [-0.25, -0.2) is 0 Å². The summed E-state index contributed by atoms with van der Waals surface area (Å²) in [6.45, 7) is 8.18. The first-order valence-corrected chi connectivity index (χ1v) is 7.94. The molecule has 0 bridgehead atoms. The predicted molar refractivity (Wildman–Crippen MR) is 80.3 cm³/mol. The second-order valence-corrected chi connectivity index (χ2v) is 7.73. The lowest BCUT2D eigenvalue weighted by Gasteiger charge is -2.43. The minimum Gasteiger partial charge on any atom is -0.393 e. The number of aliphatic hydroxyl groups is 1.